The molecule has 0 aromatic heterocycles. The molecule has 1 fully saturated rings. The van der Waals surface area contributed by atoms with Crippen molar-refractivity contribution in [1.82, 2.24) is 4.90 Å². The fraction of sp³-hybridized carbons (Fsp3) is 0.267. The largest absolute Gasteiger partial charge is 0.497 e. The number of carbonyl (C=O) groups is 3. The van der Waals surface area contributed by atoms with Crippen molar-refractivity contribution in [2.45, 2.75) is 50.2 Å². The molecular weight excluding hydrogens is 721 g/mol. The van der Waals surface area contributed by atoms with Crippen LogP contribution in [-0.2, 0) is 26.5 Å². The van der Waals surface area contributed by atoms with E-state index in [1.807, 2.05) is 84.9 Å². The Morgan fingerprint density at radius 2 is 1.59 bits per heavy atom. The average Bonchev–Trinajstić information content (AvgIpc) is 3.64. The molecule has 0 unspecified atom stereocenters. The van der Waals surface area contributed by atoms with Gasteiger partial charge in [0.15, 0.2) is 5.60 Å². The number of fused-ring (bicyclic) bond motifs is 2. The molecule has 2 aliphatic rings. The molecule has 4 atom stereocenters. The van der Waals surface area contributed by atoms with Crippen molar-refractivity contribution in [3.63, 3.8) is 0 Å². The van der Waals surface area contributed by atoms with Crippen LogP contribution in [0.3, 0.4) is 0 Å². The Balaban J connectivity index is 1.33. The van der Waals surface area contributed by atoms with E-state index in [9.17, 15) is 14.7 Å². The lowest BCUT2D eigenvalue weighted by Gasteiger charge is -2.37. The lowest BCUT2D eigenvalue weighted by atomic mass is 9.82. The smallest absolute Gasteiger partial charge is 0.268 e. The normalized spacial score (nSPS) is 20.2. The summed E-state index contributed by atoms with van der Waals surface area (Å²) in [4.78, 5) is 46.6. The third-order valence-electron chi connectivity index (χ3n) is 11.5. The summed E-state index contributed by atoms with van der Waals surface area (Å²) in [6.07, 6.45) is -0.642. The Morgan fingerprint density at radius 1 is 0.929 bits per heavy atom. The van der Waals surface area contributed by atoms with Gasteiger partial charge in [-0.05, 0) is 77.8 Å². The minimum Gasteiger partial charge on any atom is -0.497 e. The van der Waals surface area contributed by atoms with E-state index in [2.05, 4.69) is 37.5 Å². The number of methoxy groups -OCH3 is 1. The maximum Gasteiger partial charge on any atom is 0.268 e. The molecule has 4 N–H and O–H groups in total. The molecule has 0 aliphatic carbocycles. The van der Waals surface area contributed by atoms with Gasteiger partial charge in [0.2, 0.25) is 5.91 Å². The number of carbonyl (C=O) groups excluding carboxylic acids is 3. The second-order valence-corrected chi connectivity index (χ2v) is 19.9. The van der Waals surface area contributed by atoms with Crippen molar-refractivity contribution in [3.05, 3.63) is 144 Å². The maximum absolute atomic E-state index is 15.4. The summed E-state index contributed by atoms with van der Waals surface area (Å²) in [5, 5.41) is 14.2. The molecule has 3 amide bonds. The number of aliphatic hydroxyl groups is 1. The molecule has 5 aromatic rings. The molecule has 11 heteroatoms. The number of hydrogen-bond acceptors (Lipinski definition) is 7. The first-order valence-electron chi connectivity index (χ1n) is 18.9. The Labute approximate surface area is 328 Å². The number of nitrogens with one attached hydrogen (secondary N) is 1. The molecule has 0 bridgehead atoms. The third kappa shape index (κ3) is 7.09. The summed E-state index contributed by atoms with van der Waals surface area (Å²) in [6.45, 7) is 6.90. The van der Waals surface area contributed by atoms with Crippen LogP contribution >= 0.6 is 0 Å². The standard InChI is InChI=1S/C45H48N4O6Si/c1-30-42(56(3,4)37-22-20-36(54-2)21-23-37)40(28-41(51)48(25-26-50)29-31-11-7-5-8-12-31)55-45(30)38-27-34(47-43(52)32-15-17-33(46)18-16-32)19-24-39(38)49(44(45)53)35-13-9-6-10-14-35/h5-24,27,30,40,42,50H,25-26,28-29,46H2,1-4H3,(H,47,52)/t30-,40+,42-,45+/m1/s1. The lowest BCUT2D eigenvalue weighted by Crippen LogP contribution is -2.52. The molecule has 1 saturated heterocycles. The Bertz CT molecular complexity index is 2200. The van der Waals surface area contributed by atoms with E-state index in [0.29, 0.717) is 40.4 Å². The van der Waals surface area contributed by atoms with Crippen molar-refractivity contribution >= 4 is 53.7 Å². The zero-order valence-electron chi connectivity index (χ0n) is 32.1. The van der Waals surface area contributed by atoms with Crippen LogP contribution in [0.25, 0.3) is 0 Å². The SMILES string of the molecule is COc1ccc([Si](C)(C)[C@H]2[C@H](CC(=O)N(CCO)Cc3ccccc3)O[C@@]3(C(=O)N(c4ccccc4)c4ccc(NC(=O)c5ccc(N)cc5)cc43)[C@@H]2C)cc1. The van der Waals surface area contributed by atoms with Gasteiger partial charge < -0.3 is 30.5 Å². The van der Waals surface area contributed by atoms with E-state index >= 15 is 4.79 Å². The topological polar surface area (TPSA) is 134 Å². The van der Waals surface area contributed by atoms with E-state index in [-0.39, 0.29) is 42.8 Å². The zero-order valence-corrected chi connectivity index (χ0v) is 33.1. The number of nitrogen functional groups attached to an aromatic ring is 1. The highest BCUT2D eigenvalue weighted by Crippen LogP contribution is 2.61. The second-order valence-electron chi connectivity index (χ2n) is 15.2. The van der Waals surface area contributed by atoms with Gasteiger partial charge in [0.05, 0.1) is 40.0 Å². The number of nitrogens with zero attached hydrogens (tertiary/aromatic N) is 2. The van der Waals surface area contributed by atoms with Gasteiger partial charge >= 0.3 is 0 Å². The van der Waals surface area contributed by atoms with E-state index in [1.54, 1.807) is 47.2 Å². The number of anilines is 4. The van der Waals surface area contributed by atoms with Crippen LogP contribution in [0.4, 0.5) is 22.7 Å². The Kier molecular flexibility index (Phi) is 10.9. The number of benzene rings is 5. The minimum absolute atomic E-state index is 0.0116. The summed E-state index contributed by atoms with van der Waals surface area (Å²) in [5.74, 6) is -0.390. The molecule has 5 aromatic carbocycles. The molecular formula is C45H48N4O6Si. The van der Waals surface area contributed by atoms with E-state index in [1.165, 1.54) is 0 Å². The first kappa shape index (κ1) is 38.5. The molecule has 288 valence electrons. The first-order chi connectivity index (χ1) is 27.0. The second kappa shape index (κ2) is 15.8. The number of hydrogen-bond donors (Lipinski definition) is 3. The molecule has 1 spiro atoms. The highest BCUT2D eigenvalue weighted by atomic mass is 28.3. The van der Waals surface area contributed by atoms with Crippen LogP contribution in [-0.4, -0.2) is 62.2 Å². The zero-order chi connectivity index (χ0) is 39.6. The summed E-state index contributed by atoms with van der Waals surface area (Å²) in [6, 6.07) is 39.4. The van der Waals surface area contributed by atoms with Gasteiger partial charge in [-0.25, -0.2) is 0 Å². The first-order valence-corrected chi connectivity index (χ1v) is 22.0. The van der Waals surface area contributed by atoms with Crippen LogP contribution in [0.1, 0.15) is 34.8 Å². The van der Waals surface area contributed by atoms with Crippen molar-refractivity contribution in [2.75, 3.05) is 36.2 Å². The van der Waals surface area contributed by atoms with Crippen LogP contribution in [0.15, 0.2) is 127 Å². The summed E-state index contributed by atoms with van der Waals surface area (Å²) < 4.78 is 12.8. The minimum atomic E-state index is -2.59. The van der Waals surface area contributed by atoms with Gasteiger partial charge in [-0.15, -0.1) is 0 Å². The van der Waals surface area contributed by atoms with Gasteiger partial charge in [0, 0.05) is 47.2 Å². The quantitative estimate of drug-likeness (QED) is 0.0936. The van der Waals surface area contributed by atoms with Crippen LogP contribution in [0.5, 0.6) is 5.75 Å². The van der Waals surface area contributed by atoms with Crippen LogP contribution in [0.2, 0.25) is 18.6 Å². The van der Waals surface area contributed by atoms with Crippen LogP contribution < -0.4 is 25.9 Å². The van der Waals surface area contributed by atoms with Crippen molar-refractivity contribution in [1.29, 1.82) is 0 Å². The maximum atomic E-state index is 15.4. The van der Waals surface area contributed by atoms with Gasteiger partial charge in [-0.3, -0.25) is 19.3 Å². The summed E-state index contributed by atoms with van der Waals surface area (Å²) >= 11 is 0. The molecule has 7 rings (SSSR count). The van der Waals surface area contributed by atoms with Crippen molar-refractivity contribution < 1.29 is 29.0 Å². The number of aliphatic hydroxyl groups excluding tert-OH is 1. The summed E-state index contributed by atoms with van der Waals surface area (Å²) in [7, 11) is -0.952. The predicted molar refractivity (Wildman–Crippen MR) is 222 cm³/mol. The van der Waals surface area contributed by atoms with Gasteiger partial charge in [0.1, 0.15) is 5.75 Å². The lowest BCUT2D eigenvalue weighted by molar-refractivity contribution is -0.149. The number of amides is 3. The molecule has 2 heterocycles. The fourth-order valence-corrected chi connectivity index (χ4v) is 12.7. The van der Waals surface area contributed by atoms with Crippen LogP contribution in [0, 0.1) is 5.92 Å². The number of nitrogens with two attached hydrogens (primary N) is 1. The molecule has 0 radical (unpaired) electrons. The average molecular weight is 769 g/mol. The Morgan fingerprint density at radius 3 is 2.23 bits per heavy atom. The molecule has 10 nitrogen and oxygen atoms in total. The van der Waals surface area contributed by atoms with Gasteiger partial charge in [-0.1, -0.05) is 85.9 Å². The monoisotopic (exact) mass is 768 g/mol. The van der Waals surface area contributed by atoms with Crippen molar-refractivity contribution in [3.8, 4) is 5.75 Å². The highest BCUT2D eigenvalue weighted by molar-refractivity contribution is 6.91. The Hall–Kier alpha value is -5.75. The number of ether oxygens (including phenoxy) is 2. The highest BCUT2D eigenvalue weighted by Gasteiger charge is 2.67. The van der Waals surface area contributed by atoms with Crippen molar-refractivity contribution in [2.24, 2.45) is 5.92 Å². The summed E-state index contributed by atoms with van der Waals surface area (Å²) in [5.41, 5.74) is 8.58. The number of para-hydroxylation sites is 1. The van der Waals surface area contributed by atoms with Gasteiger partial charge in [0.25, 0.3) is 11.8 Å². The van der Waals surface area contributed by atoms with E-state index < -0.39 is 25.7 Å². The predicted octanol–water partition coefficient (Wildman–Crippen LogP) is 6.84. The molecule has 2 aliphatic heterocycles. The molecule has 0 saturated carbocycles. The number of rotatable bonds is 12. The third-order valence-corrected chi connectivity index (χ3v) is 15.9. The van der Waals surface area contributed by atoms with E-state index in [4.69, 9.17) is 15.2 Å². The fourth-order valence-electron chi connectivity index (χ4n) is 8.71. The molecule has 56 heavy (non-hydrogen) atoms. The van der Waals surface area contributed by atoms with Gasteiger partial charge in [-0.2, -0.15) is 0 Å². The van der Waals surface area contributed by atoms with E-state index in [0.717, 1.165) is 16.5 Å².